The fraction of sp³-hybridized carbons (Fsp3) is 0.125. The summed E-state index contributed by atoms with van der Waals surface area (Å²) in [5.41, 5.74) is 1.45. The molecule has 3 rings (SSSR count). The van der Waals surface area contributed by atoms with Crippen molar-refractivity contribution in [3.05, 3.63) is 64.2 Å². The Balaban J connectivity index is 1.70. The number of nitrogens with one attached hydrogen (secondary N) is 1. The van der Waals surface area contributed by atoms with E-state index in [1.54, 1.807) is 19.1 Å². The molecular weight excluding hydrogens is 356 g/mol. The molecule has 26 heavy (non-hydrogen) atoms. The zero-order valence-electron chi connectivity index (χ0n) is 13.7. The molecule has 0 bridgehead atoms. The highest BCUT2D eigenvalue weighted by atomic mass is 32.2. The molecule has 132 valence electrons. The first kappa shape index (κ1) is 17.5. The molecule has 10 heteroatoms. The van der Waals surface area contributed by atoms with Crippen molar-refractivity contribution in [3.8, 4) is 5.69 Å². The van der Waals surface area contributed by atoms with Gasteiger partial charge in [-0.2, -0.15) is 4.68 Å². The average molecular weight is 370 g/mol. The standard InChI is InChI=1S/C16H14N6O3S/c1-11-6-5-9-13(22(24)25)15(11)17-14(23)10-26-16-18-19-20-21(16)12-7-3-2-4-8-12/h2-9H,10H2,1H3,(H,17,23). The number of aromatic nitrogens is 4. The Labute approximate surface area is 152 Å². The third-order valence-electron chi connectivity index (χ3n) is 3.49. The van der Waals surface area contributed by atoms with Gasteiger partial charge < -0.3 is 5.32 Å². The van der Waals surface area contributed by atoms with Crippen molar-refractivity contribution in [2.45, 2.75) is 12.1 Å². The number of anilines is 1. The number of para-hydroxylation sites is 2. The van der Waals surface area contributed by atoms with Crippen molar-refractivity contribution < 1.29 is 9.72 Å². The van der Waals surface area contributed by atoms with E-state index >= 15 is 0 Å². The zero-order chi connectivity index (χ0) is 18.5. The minimum absolute atomic E-state index is 0.0126. The molecule has 0 aliphatic heterocycles. The molecule has 0 saturated carbocycles. The number of nitro benzene ring substituents is 1. The fourth-order valence-corrected chi connectivity index (χ4v) is 2.96. The van der Waals surface area contributed by atoms with Gasteiger partial charge >= 0.3 is 0 Å². The van der Waals surface area contributed by atoms with Crippen LogP contribution in [0, 0.1) is 17.0 Å². The number of hydrogen-bond donors (Lipinski definition) is 1. The Kier molecular flexibility index (Phi) is 5.23. The lowest BCUT2D eigenvalue weighted by molar-refractivity contribution is -0.384. The summed E-state index contributed by atoms with van der Waals surface area (Å²) in [5, 5.41) is 25.6. The summed E-state index contributed by atoms with van der Waals surface area (Å²) in [7, 11) is 0. The van der Waals surface area contributed by atoms with E-state index in [1.165, 1.54) is 10.7 Å². The number of rotatable bonds is 6. The molecule has 0 saturated heterocycles. The van der Waals surface area contributed by atoms with Gasteiger partial charge in [0.1, 0.15) is 5.69 Å². The molecule has 1 aromatic heterocycles. The van der Waals surface area contributed by atoms with Crippen molar-refractivity contribution in [1.29, 1.82) is 0 Å². The number of nitro groups is 1. The lowest BCUT2D eigenvalue weighted by atomic mass is 10.1. The molecule has 1 amide bonds. The fourth-order valence-electron chi connectivity index (χ4n) is 2.27. The van der Waals surface area contributed by atoms with E-state index in [0.717, 1.165) is 17.4 Å². The molecule has 1 heterocycles. The van der Waals surface area contributed by atoms with Gasteiger partial charge in [-0.25, -0.2) is 0 Å². The van der Waals surface area contributed by atoms with Crippen LogP contribution in [0.3, 0.4) is 0 Å². The molecule has 0 aliphatic rings. The predicted molar refractivity (Wildman–Crippen MR) is 96.3 cm³/mol. The zero-order valence-corrected chi connectivity index (χ0v) is 14.5. The lowest BCUT2D eigenvalue weighted by Gasteiger charge is -2.08. The maximum absolute atomic E-state index is 12.3. The Morgan fingerprint density at radius 3 is 2.73 bits per heavy atom. The van der Waals surface area contributed by atoms with Gasteiger partial charge in [0.25, 0.3) is 5.69 Å². The maximum atomic E-state index is 12.3. The van der Waals surface area contributed by atoms with Crippen LogP contribution < -0.4 is 5.32 Å². The number of thioether (sulfide) groups is 1. The van der Waals surface area contributed by atoms with Crippen molar-refractivity contribution in [1.82, 2.24) is 20.2 Å². The lowest BCUT2D eigenvalue weighted by Crippen LogP contribution is -2.16. The van der Waals surface area contributed by atoms with E-state index in [4.69, 9.17) is 0 Å². The molecule has 0 aliphatic carbocycles. The number of nitrogens with zero attached hydrogens (tertiary/aromatic N) is 5. The highest BCUT2D eigenvalue weighted by Crippen LogP contribution is 2.28. The number of hydrogen-bond acceptors (Lipinski definition) is 7. The van der Waals surface area contributed by atoms with Crippen LogP contribution >= 0.6 is 11.8 Å². The number of carbonyl (C=O) groups excluding carboxylic acids is 1. The normalized spacial score (nSPS) is 10.5. The second kappa shape index (κ2) is 7.74. The predicted octanol–water partition coefficient (Wildman–Crippen LogP) is 2.61. The monoisotopic (exact) mass is 370 g/mol. The van der Waals surface area contributed by atoms with Crippen LogP contribution in [-0.4, -0.2) is 36.8 Å². The number of amides is 1. The van der Waals surface area contributed by atoms with Crippen molar-refractivity contribution in [2.75, 3.05) is 11.1 Å². The van der Waals surface area contributed by atoms with Crippen LogP contribution in [-0.2, 0) is 4.79 Å². The summed E-state index contributed by atoms with van der Waals surface area (Å²) >= 11 is 1.14. The molecule has 0 atom stereocenters. The number of carbonyl (C=O) groups is 1. The summed E-state index contributed by atoms with van der Waals surface area (Å²) < 4.78 is 1.52. The number of benzene rings is 2. The van der Waals surface area contributed by atoms with Gasteiger partial charge in [0.15, 0.2) is 0 Å². The molecule has 0 unspecified atom stereocenters. The third kappa shape index (κ3) is 3.86. The van der Waals surface area contributed by atoms with Crippen molar-refractivity contribution in [3.63, 3.8) is 0 Å². The van der Waals surface area contributed by atoms with Gasteiger partial charge in [0, 0.05) is 6.07 Å². The maximum Gasteiger partial charge on any atom is 0.293 e. The smallest absolute Gasteiger partial charge is 0.293 e. The molecule has 0 spiro atoms. The molecule has 2 aromatic carbocycles. The van der Waals surface area contributed by atoms with Gasteiger partial charge in [-0.05, 0) is 35.0 Å². The van der Waals surface area contributed by atoms with E-state index in [2.05, 4.69) is 20.8 Å². The quantitative estimate of drug-likeness (QED) is 0.403. The first-order valence-electron chi connectivity index (χ1n) is 7.56. The highest BCUT2D eigenvalue weighted by molar-refractivity contribution is 7.99. The Bertz CT molecular complexity index is 944. The van der Waals surface area contributed by atoms with Crippen molar-refractivity contribution >= 4 is 29.0 Å². The van der Waals surface area contributed by atoms with E-state index in [9.17, 15) is 14.9 Å². The van der Waals surface area contributed by atoms with E-state index in [0.29, 0.717) is 10.7 Å². The van der Waals surface area contributed by atoms with Crippen LogP contribution in [0.2, 0.25) is 0 Å². The second-order valence-electron chi connectivity index (χ2n) is 5.27. The summed E-state index contributed by atoms with van der Waals surface area (Å²) in [4.78, 5) is 22.8. The van der Waals surface area contributed by atoms with Crippen molar-refractivity contribution in [2.24, 2.45) is 0 Å². The van der Waals surface area contributed by atoms with Gasteiger partial charge in [-0.15, -0.1) is 5.10 Å². The highest BCUT2D eigenvalue weighted by Gasteiger charge is 2.18. The Hall–Kier alpha value is -3.27. The number of tetrazole rings is 1. The van der Waals surface area contributed by atoms with Crippen LogP contribution in [0.1, 0.15) is 5.56 Å². The molecule has 1 N–H and O–H groups in total. The SMILES string of the molecule is Cc1cccc([N+](=O)[O-])c1NC(=O)CSc1nnnn1-c1ccccc1. The van der Waals surface area contributed by atoms with Crippen LogP contribution in [0.15, 0.2) is 53.7 Å². The number of aryl methyl sites for hydroxylation is 1. The van der Waals surface area contributed by atoms with Crippen LogP contribution in [0.4, 0.5) is 11.4 Å². The molecule has 9 nitrogen and oxygen atoms in total. The first-order chi connectivity index (χ1) is 12.6. The van der Waals surface area contributed by atoms with Gasteiger partial charge in [-0.1, -0.05) is 42.1 Å². The Morgan fingerprint density at radius 1 is 1.23 bits per heavy atom. The van der Waals surface area contributed by atoms with Gasteiger partial charge in [0.05, 0.1) is 16.4 Å². The molecule has 3 aromatic rings. The minimum atomic E-state index is -0.522. The third-order valence-corrected chi connectivity index (χ3v) is 4.41. The average Bonchev–Trinajstić information content (AvgIpc) is 3.11. The van der Waals surface area contributed by atoms with Gasteiger partial charge in [0.2, 0.25) is 11.1 Å². The summed E-state index contributed by atoms with van der Waals surface area (Å²) in [5.74, 6) is -0.367. The van der Waals surface area contributed by atoms with E-state index in [-0.39, 0.29) is 23.0 Å². The van der Waals surface area contributed by atoms with Crippen LogP contribution in [0.5, 0.6) is 0 Å². The van der Waals surface area contributed by atoms with E-state index < -0.39 is 4.92 Å². The Morgan fingerprint density at radius 2 is 2.00 bits per heavy atom. The van der Waals surface area contributed by atoms with E-state index in [1.807, 2.05) is 30.3 Å². The second-order valence-corrected chi connectivity index (χ2v) is 6.21. The minimum Gasteiger partial charge on any atom is -0.319 e. The summed E-state index contributed by atoms with van der Waals surface area (Å²) in [6, 6.07) is 13.9. The van der Waals surface area contributed by atoms with Gasteiger partial charge in [-0.3, -0.25) is 14.9 Å². The van der Waals surface area contributed by atoms with Crippen LogP contribution in [0.25, 0.3) is 5.69 Å². The molecule has 0 fully saturated rings. The molecule has 0 radical (unpaired) electrons. The summed E-state index contributed by atoms with van der Waals surface area (Å²) in [6.07, 6.45) is 0. The first-order valence-corrected chi connectivity index (χ1v) is 8.55. The molecular formula is C16H14N6O3S. The topological polar surface area (TPSA) is 116 Å². The largest absolute Gasteiger partial charge is 0.319 e. The summed E-state index contributed by atoms with van der Waals surface area (Å²) in [6.45, 7) is 1.70.